The summed E-state index contributed by atoms with van der Waals surface area (Å²) in [6.45, 7) is 3.91. The average molecular weight is 420 g/mol. The van der Waals surface area contributed by atoms with Gasteiger partial charge in [0.2, 0.25) is 0 Å². The first-order chi connectivity index (χ1) is 13.3. The van der Waals surface area contributed by atoms with E-state index in [1.165, 1.54) is 7.11 Å². The second-order valence-corrected chi connectivity index (χ2v) is 7.87. The van der Waals surface area contributed by atoms with E-state index in [4.69, 9.17) is 33.7 Å². The first-order valence-corrected chi connectivity index (χ1v) is 9.84. The molecule has 0 saturated heterocycles. The predicted molar refractivity (Wildman–Crippen MR) is 114 cm³/mol. The van der Waals surface area contributed by atoms with Crippen LogP contribution in [0.15, 0.2) is 58.5 Å². The maximum Gasteiger partial charge on any atom is 0.358 e. The molecule has 0 aromatic heterocycles. The Hall–Kier alpha value is -2.24. The zero-order valence-electron chi connectivity index (χ0n) is 15.7. The third kappa shape index (κ3) is 4.97. The number of rotatable bonds is 8. The lowest BCUT2D eigenvalue weighted by Crippen LogP contribution is -2.35. The number of hydrogen-bond acceptors (Lipinski definition) is 5. The molecule has 0 aliphatic heterocycles. The quantitative estimate of drug-likeness (QED) is 0.484. The molecule has 0 heterocycles. The standard InChI is InChI=1S/C21H23Cl2N3O2/c1-13(14-7-8-14)25-18(20(27)28-2)17(23)19(24)26-21(11-12-21)10-9-15-5-3-4-6-16(15)22/h3-6,9-10,14,26H,1,7-8,11-12,24H2,2H3/b10-9+,19-17-,25-18+. The van der Waals surface area contributed by atoms with Gasteiger partial charge in [-0.2, -0.15) is 0 Å². The fourth-order valence-electron chi connectivity index (χ4n) is 2.71. The molecule has 2 aliphatic rings. The molecule has 2 aliphatic carbocycles. The van der Waals surface area contributed by atoms with Gasteiger partial charge in [0.25, 0.3) is 0 Å². The van der Waals surface area contributed by atoms with Crippen LogP contribution in [-0.4, -0.2) is 24.3 Å². The summed E-state index contributed by atoms with van der Waals surface area (Å²) in [6.07, 6.45) is 7.78. The molecule has 0 unspecified atom stereocenters. The van der Waals surface area contributed by atoms with E-state index in [1.54, 1.807) is 0 Å². The molecular weight excluding hydrogens is 397 g/mol. The lowest BCUT2D eigenvalue weighted by Gasteiger charge is -2.17. The first-order valence-electron chi connectivity index (χ1n) is 9.08. The highest BCUT2D eigenvalue weighted by molar-refractivity contribution is 6.58. The molecule has 1 aromatic rings. The summed E-state index contributed by atoms with van der Waals surface area (Å²) in [6, 6.07) is 7.59. The van der Waals surface area contributed by atoms with E-state index >= 15 is 0 Å². The molecule has 28 heavy (non-hydrogen) atoms. The van der Waals surface area contributed by atoms with Crippen LogP contribution >= 0.6 is 23.2 Å². The molecule has 2 fully saturated rings. The monoisotopic (exact) mass is 419 g/mol. The Labute approximate surface area is 174 Å². The molecule has 5 nitrogen and oxygen atoms in total. The Kier molecular flexibility index (Phi) is 6.16. The summed E-state index contributed by atoms with van der Waals surface area (Å²) in [5.74, 6) is -0.171. The van der Waals surface area contributed by atoms with Crippen molar-refractivity contribution in [3.8, 4) is 0 Å². The summed E-state index contributed by atoms with van der Waals surface area (Å²) in [4.78, 5) is 16.4. The van der Waals surface area contributed by atoms with E-state index < -0.39 is 5.97 Å². The third-order valence-corrected chi connectivity index (χ3v) is 5.51. The van der Waals surface area contributed by atoms with Crippen molar-refractivity contribution in [2.24, 2.45) is 16.6 Å². The van der Waals surface area contributed by atoms with Gasteiger partial charge in [0.1, 0.15) is 10.9 Å². The van der Waals surface area contributed by atoms with E-state index in [0.29, 0.717) is 16.6 Å². The molecule has 3 rings (SSSR count). The van der Waals surface area contributed by atoms with Crippen LogP contribution in [0.4, 0.5) is 0 Å². The van der Waals surface area contributed by atoms with Crippen LogP contribution in [-0.2, 0) is 9.53 Å². The minimum atomic E-state index is -0.645. The SMILES string of the molecule is C=C(/N=C(C(=O)OC)\C(Cl)=C(/N)NC1(/C=C/c2ccccc2Cl)CC1)C1CC1. The van der Waals surface area contributed by atoms with Crippen molar-refractivity contribution in [3.63, 3.8) is 0 Å². The van der Waals surface area contributed by atoms with Gasteiger partial charge in [0.05, 0.1) is 12.6 Å². The summed E-state index contributed by atoms with van der Waals surface area (Å²) in [5, 5.41) is 3.92. The Morgan fingerprint density at radius 3 is 2.64 bits per heavy atom. The number of nitrogens with two attached hydrogens (primary N) is 1. The first kappa shape index (κ1) is 20.5. The number of methoxy groups -OCH3 is 1. The van der Waals surface area contributed by atoms with Crippen molar-refractivity contribution in [1.82, 2.24) is 5.32 Å². The number of nitrogens with one attached hydrogen (secondary N) is 1. The number of esters is 1. The molecule has 148 valence electrons. The summed E-state index contributed by atoms with van der Waals surface area (Å²) < 4.78 is 4.81. The molecule has 3 N–H and O–H groups in total. The van der Waals surface area contributed by atoms with Crippen LogP contribution in [0.3, 0.4) is 0 Å². The lowest BCUT2D eigenvalue weighted by molar-refractivity contribution is -0.132. The molecule has 2 saturated carbocycles. The number of hydrogen-bond donors (Lipinski definition) is 2. The van der Waals surface area contributed by atoms with Crippen LogP contribution in [0.2, 0.25) is 5.02 Å². The Bertz CT molecular complexity index is 881. The van der Waals surface area contributed by atoms with Crippen LogP contribution < -0.4 is 11.1 Å². The van der Waals surface area contributed by atoms with E-state index in [9.17, 15) is 4.79 Å². The van der Waals surface area contributed by atoms with Crippen molar-refractivity contribution >= 4 is 41.0 Å². The Morgan fingerprint density at radius 1 is 1.39 bits per heavy atom. The maximum atomic E-state index is 12.1. The van der Waals surface area contributed by atoms with Crippen LogP contribution in [0, 0.1) is 5.92 Å². The van der Waals surface area contributed by atoms with E-state index in [-0.39, 0.29) is 22.1 Å². The highest BCUT2D eigenvalue weighted by Gasteiger charge is 2.41. The molecule has 0 amide bonds. The van der Waals surface area contributed by atoms with E-state index in [0.717, 1.165) is 31.2 Å². The summed E-state index contributed by atoms with van der Waals surface area (Å²) in [7, 11) is 1.28. The number of aliphatic imine (C=N–C) groups is 1. The van der Waals surface area contributed by atoms with Gasteiger partial charge in [-0.15, -0.1) is 0 Å². The molecule has 0 atom stereocenters. The largest absolute Gasteiger partial charge is 0.464 e. The number of carbonyl (C=O) groups is 1. The third-order valence-electron chi connectivity index (χ3n) is 4.79. The van der Waals surface area contributed by atoms with Gasteiger partial charge in [0, 0.05) is 16.6 Å². The highest BCUT2D eigenvalue weighted by Crippen LogP contribution is 2.39. The van der Waals surface area contributed by atoms with Crippen LogP contribution in [0.1, 0.15) is 31.2 Å². The molecule has 0 radical (unpaired) electrons. The van der Waals surface area contributed by atoms with Gasteiger partial charge in [-0.25, -0.2) is 9.79 Å². The number of halogens is 2. The Morgan fingerprint density at radius 2 is 2.07 bits per heavy atom. The van der Waals surface area contributed by atoms with Crippen molar-refractivity contribution in [3.05, 3.63) is 64.1 Å². The van der Waals surface area contributed by atoms with Crippen LogP contribution in [0.25, 0.3) is 6.08 Å². The van der Waals surface area contributed by atoms with Crippen molar-refractivity contribution in [2.75, 3.05) is 7.11 Å². The van der Waals surface area contributed by atoms with Crippen molar-refractivity contribution < 1.29 is 9.53 Å². The van der Waals surface area contributed by atoms with Crippen LogP contribution in [0.5, 0.6) is 0 Å². The molecular formula is C21H23Cl2N3O2. The lowest BCUT2D eigenvalue weighted by atomic mass is 10.1. The van der Waals surface area contributed by atoms with Gasteiger partial charge in [-0.1, -0.05) is 60.1 Å². The van der Waals surface area contributed by atoms with E-state index in [2.05, 4.69) is 16.9 Å². The second kappa shape index (κ2) is 8.41. The minimum Gasteiger partial charge on any atom is -0.464 e. The normalized spacial score (nSPS) is 19.2. The van der Waals surface area contributed by atoms with Gasteiger partial charge in [-0.3, -0.25) is 0 Å². The summed E-state index contributed by atoms with van der Waals surface area (Å²) >= 11 is 12.6. The van der Waals surface area contributed by atoms with E-state index in [1.807, 2.05) is 36.4 Å². The number of nitrogens with zero attached hydrogens (tertiary/aromatic N) is 1. The van der Waals surface area contributed by atoms with Crippen molar-refractivity contribution in [1.29, 1.82) is 0 Å². The maximum absolute atomic E-state index is 12.1. The number of benzene rings is 1. The molecule has 0 bridgehead atoms. The zero-order chi connectivity index (χ0) is 20.3. The fraction of sp³-hybridized carbons (Fsp3) is 0.333. The van der Waals surface area contributed by atoms with Gasteiger partial charge < -0.3 is 15.8 Å². The average Bonchev–Trinajstić information content (AvgIpc) is 3.59. The van der Waals surface area contributed by atoms with Gasteiger partial charge in [0.15, 0.2) is 5.71 Å². The van der Waals surface area contributed by atoms with Gasteiger partial charge in [-0.05, 0) is 37.3 Å². The number of allylic oxidation sites excluding steroid dienone is 1. The smallest absolute Gasteiger partial charge is 0.358 e. The molecule has 1 aromatic carbocycles. The molecule has 7 heteroatoms. The van der Waals surface area contributed by atoms with Crippen molar-refractivity contribution in [2.45, 2.75) is 31.2 Å². The number of ether oxygens (including phenoxy) is 1. The Balaban J connectivity index is 1.79. The second-order valence-electron chi connectivity index (χ2n) is 7.08. The highest BCUT2D eigenvalue weighted by atomic mass is 35.5. The minimum absolute atomic E-state index is 0.0306. The topological polar surface area (TPSA) is 76.7 Å². The van der Waals surface area contributed by atoms with Gasteiger partial charge >= 0.3 is 5.97 Å². The predicted octanol–water partition coefficient (Wildman–Crippen LogP) is 4.38. The zero-order valence-corrected chi connectivity index (χ0v) is 17.2. The fourth-order valence-corrected chi connectivity index (χ4v) is 3.08. The molecule has 0 spiro atoms. The number of carbonyl (C=O) groups excluding carboxylic acids is 1. The summed E-state index contributed by atoms with van der Waals surface area (Å²) in [5.41, 5.74) is 7.35.